The number of anilines is 1. The van der Waals surface area contributed by atoms with Crippen molar-refractivity contribution in [3.8, 4) is 0 Å². The predicted octanol–water partition coefficient (Wildman–Crippen LogP) is 6.36. The molecule has 4 bridgehead atoms. The molecule has 1 aliphatic heterocycles. The normalized spacial score (nSPS) is 34.3. The highest BCUT2D eigenvalue weighted by molar-refractivity contribution is 8.14. The predicted molar refractivity (Wildman–Crippen MR) is 133 cm³/mol. The molecule has 1 saturated heterocycles. The zero-order chi connectivity index (χ0) is 21.9. The number of benzene rings is 1. The first-order valence-electron chi connectivity index (χ1n) is 11.5. The number of amidine groups is 1. The molecule has 0 radical (unpaired) electrons. The molecule has 1 aromatic carbocycles. The van der Waals surface area contributed by atoms with E-state index in [1.54, 1.807) is 22.7 Å². The zero-order valence-corrected chi connectivity index (χ0v) is 21.3. The fraction of sp³-hybridized carbons (Fsp3) is 0.667. The Kier molecular flexibility index (Phi) is 6.79. The SMILES string of the molecule is CC(=O)N(c1cc(Cl)ccc1F)C1CSC(=NC23CC4CC(CC(C4)C2)C3)N1C(C)C.Cl. The molecule has 1 heterocycles. The Hall–Kier alpha value is -0.980. The van der Waals surface area contributed by atoms with Crippen LogP contribution in [-0.2, 0) is 4.79 Å². The van der Waals surface area contributed by atoms with Gasteiger partial charge in [0.05, 0.1) is 11.2 Å². The number of nitrogens with zero attached hydrogens (tertiary/aromatic N) is 3. The van der Waals surface area contributed by atoms with E-state index >= 15 is 0 Å². The first kappa shape index (κ1) is 24.2. The molecule has 5 aliphatic rings. The second-order valence-corrected chi connectivity index (χ2v) is 11.7. The first-order valence-corrected chi connectivity index (χ1v) is 12.9. The van der Waals surface area contributed by atoms with Crippen molar-refractivity contribution >= 4 is 52.5 Å². The molecule has 0 aromatic heterocycles. The summed E-state index contributed by atoms with van der Waals surface area (Å²) in [7, 11) is 0. The van der Waals surface area contributed by atoms with Crippen LogP contribution >= 0.6 is 35.8 Å². The summed E-state index contributed by atoms with van der Waals surface area (Å²) in [5.41, 5.74) is 0.314. The van der Waals surface area contributed by atoms with E-state index in [4.69, 9.17) is 16.6 Å². The molecular weight excluding hydrogens is 468 g/mol. The molecule has 0 N–H and O–H groups in total. The summed E-state index contributed by atoms with van der Waals surface area (Å²) < 4.78 is 14.7. The Morgan fingerprint density at radius 1 is 1.22 bits per heavy atom. The van der Waals surface area contributed by atoms with E-state index < -0.39 is 5.82 Å². The van der Waals surface area contributed by atoms with E-state index in [1.165, 1.54) is 57.6 Å². The van der Waals surface area contributed by atoms with Crippen molar-refractivity contribution in [3.05, 3.63) is 29.0 Å². The summed E-state index contributed by atoms with van der Waals surface area (Å²) in [6, 6.07) is 4.55. The minimum atomic E-state index is -0.431. The molecule has 8 heteroatoms. The molecule has 4 nitrogen and oxygen atoms in total. The van der Waals surface area contributed by atoms with Crippen molar-refractivity contribution in [1.82, 2.24) is 4.90 Å². The fourth-order valence-electron chi connectivity index (χ4n) is 6.90. The molecule has 176 valence electrons. The van der Waals surface area contributed by atoms with E-state index in [2.05, 4.69) is 18.7 Å². The summed E-state index contributed by atoms with van der Waals surface area (Å²) in [4.78, 5) is 22.0. The molecule has 1 unspecified atom stereocenters. The van der Waals surface area contributed by atoms with Crippen LogP contribution in [0.1, 0.15) is 59.3 Å². The van der Waals surface area contributed by atoms with Crippen molar-refractivity contribution in [2.75, 3.05) is 10.7 Å². The highest BCUT2D eigenvalue weighted by Crippen LogP contribution is 2.57. The lowest BCUT2D eigenvalue weighted by molar-refractivity contribution is -0.117. The third-order valence-corrected chi connectivity index (χ3v) is 8.86. The lowest BCUT2D eigenvalue weighted by atomic mass is 9.53. The van der Waals surface area contributed by atoms with Gasteiger partial charge in [-0.2, -0.15) is 0 Å². The number of carbonyl (C=O) groups is 1. The van der Waals surface area contributed by atoms with Crippen molar-refractivity contribution < 1.29 is 9.18 Å². The van der Waals surface area contributed by atoms with E-state index in [-0.39, 0.29) is 41.7 Å². The lowest BCUT2D eigenvalue weighted by Gasteiger charge is -2.55. The third-order valence-electron chi connectivity index (χ3n) is 7.60. The number of hydrogen-bond acceptors (Lipinski definition) is 3. The van der Waals surface area contributed by atoms with E-state index in [9.17, 15) is 9.18 Å². The standard InChI is InChI=1S/C24H31ClFN3OS.ClH/c1-14(2)28-22(29(15(3)30)21-9-19(25)4-5-20(21)26)13-31-23(28)27-24-10-16-6-17(11-24)8-18(7-16)12-24;/h4-5,9,14,16-18,22H,6-8,10-13H2,1-3H3;1H. The summed E-state index contributed by atoms with van der Waals surface area (Å²) >= 11 is 7.87. The number of aliphatic imine (C=N–C) groups is 1. The fourth-order valence-corrected chi connectivity index (χ4v) is 8.41. The van der Waals surface area contributed by atoms with Crippen LogP contribution in [0.4, 0.5) is 10.1 Å². The molecule has 32 heavy (non-hydrogen) atoms. The molecule has 4 aliphatic carbocycles. The van der Waals surface area contributed by atoms with Crippen LogP contribution in [-0.4, -0.2) is 39.5 Å². The number of rotatable bonds is 4. The number of thioether (sulfide) groups is 1. The van der Waals surface area contributed by atoms with Gasteiger partial charge in [-0.25, -0.2) is 4.39 Å². The van der Waals surface area contributed by atoms with Crippen LogP contribution in [0.15, 0.2) is 23.2 Å². The van der Waals surface area contributed by atoms with Gasteiger partial charge in [-0.15, -0.1) is 12.4 Å². The van der Waals surface area contributed by atoms with Crippen LogP contribution in [0, 0.1) is 23.6 Å². The molecule has 5 fully saturated rings. The smallest absolute Gasteiger partial charge is 0.225 e. The van der Waals surface area contributed by atoms with Gasteiger partial charge in [-0.3, -0.25) is 14.7 Å². The summed E-state index contributed by atoms with van der Waals surface area (Å²) in [5, 5.41) is 1.45. The molecule has 4 saturated carbocycles. The van der Waals surface area contributed by atoms with Gasteiger partial charge in [0.1, 0.15) is 12.0 Å². The van der Waals surface area contributed by atoms with Gasteiger partial charge in [-0.1, -0.05) is 23.4 Å². The van der Waals surface area contributed by atoms with Gasteiger partial charge in [-0.05, 0) is 88.3 Å². The lowest BCUT2D eigenvalue weighted by Crippen LogP contribution is -2.54. The third kappa shape index (κ3) is 4.27. The molecule has 1 atom stereocenters. The Balaban J connectivity index is 0.00000245. The number of carbonyl (C=O) groups excluding carboxylic acids is 1. The summed E-state index contributed by atoms with van der Waals surface area (Å²) in [5.74, 6) is 2.56. The number of hydrogen-bond donors (Lipinski definition) is 0. The zero-order valence-electron chi connectivity index (χ0n) is 18.9. The summed E-state index contributed by atoms with van der Waals surface area (Å²) in [6.07, 6.45) is 7.51. The molecule has 1 aromatic rings. The van der Waals surface area contributed by atoms with Crippen molar-refractivity contribution in [2.45, 2.75) is 77.0 Å². The topological polar surface area (TPSA) is 35.9 Å². The summed E-state index contributed by atoms with van der Waals surface area (Å²) in [6.45, 7) is 5.75. The highest BCUT2D eigenvalue weighted by atomic mass is 35.5. The Morgan fingerprint density at radius 2 is 1.81 bits per heavy atom. The van der Waals surface area contributed by atoms with Crippen LogP contribution < -0.4 is 4.90 Å². The van der Waals surface area contributed by atoms with E-state index in [0.29, 0.717) is 10.8 Å². The Morgan fingerprint density at radius 3 is 2.34 bits per heavy atom. The second-order valence-electron chi connectivity index (χ2n) is 10.3. The van der Waals surface area contributed by atoms with Gasteiger partial charge in [0.15, 0.2) is 5.17 Å². The quantitative estimate of drug-likeness (QED) is 0.483. The van der Waals surface area contributed by atoms with Crippen molar-refractivity contribution in [2.24, 2.45) is 22.7 Å². The minimum Gasteiger partial charge on any atom is -0.327 e. The maximum Gasteiger partial charge on any atom is 0.225 e. The monoisotopic (exact) mass is 499 g/mol. The molecule has 1 amide bonds. The molecule has 0 spiro atoms. The van der Waals surface area contributed by atoms with E-state index in [0.717, 1.165) is 22.9 Å². The highest BCUT2D eigenvalue weighted by Gasteiger charge is 2.52. The first-order chi connectivity index (χ1) is 14.7. The number of halogens is 3. The van der Waals surface area contributed by atoms with Gasteiger partial charge >= 0.3 is 0 Å². The van der Waals surface area contributed by atoms with Gasteiger partial charge < -0.3 is 4.90 Å². The van der Waals surface area contributed by atoms with Crippen LogP contribution in [0.5, 0.6) is 0 Å². The van der Waals surface area contributed by atoms with Crippen LogP contribution in [0.3, 0.4) is 0 Å². The van der Waals surface area contributed by atoms with Crippen LogP contribution in [0.2, 0.25) is 5.02 Å². The van der Waals surface area contributed by atoms with Gasteiger partial charge in [0.2, 0.25) is 5.91 Å². The Bertz CT molecular complexity index is 889. The number of amides is 1. The van der Waals surface area contributed by atoms with Crippen molar-refractivity contribution in [1.29, 1.82) is 0 Å². The maximum atomic E-state index is 14.7. The van der Waals surface area contributed by atoms with Gasteiger partial charge in [0.25, 0.3) is 0 Å². The minimum absolute atomic E-state index is 0. The molecule has 6 rings (SSSR count). The van der Waals surface area contributed by atoms with Crippen LogP contribution in [0.25, 0.3) is 0 Å². The largest absolute Gasteiger partial charge is 0.327 e. The maximum absolute atomic E-state index is 14.7. The average Bonchev–Trinajstić information content (AvgIpc) is 3.06. The average molecular weight is 501 g/mol. The Labute approximate surface area is 205 Å². The van der Waals surface area contributed by atoms with Gasteiger partial charge in [0, 0.05) is 23.7 Å². The van der Waals surface area contributed by atoms with E-state index in [1.807, 2.05) is 0 Å². The second kappa shape index (κ2) is 8.99. The molecular formula is C24H32Cl2FN3OS. The van der Waals surface area contributed by atoms with Crippen molar-refractivity contribution in [3.63, 3.8) is 0 Å².